The molecule has 0 fully saturated rings. The molecule has 0 bridgehead atoms. The average molecular weight is 252 g/mol. The van der Waals surface area contributed by atoms with Crippen LogP contribution in [0.5, 0.6) is 0 Å². The Balaban J connectivity index is 2.38. The third kappa shape index (κ3) is 2.53. The van der Waals surface area contributed by atoms with E-state index in [9.17, 15) is 4.79 Å². The van der Waals surface area contributed by atoms with Gasteiger partial charge in [-0.15, -0.1) is 0 Å². The zero-order valence-electron chi connectivity index (χ0n) is 10.4. The van der Waals surface area contributed by atoms with E-state index in [1.807, 2.05) is 49.4 Å². The number of nitrogens with one attached hydrogen (secondary N) is 1. The average Bonchev–Trinajstić information content (AvgIpc) is 2.87. The van der Waals surface area contributed by atoms with E-state index in [2.05, 4.69) is 10.4 Å². The van der Waals surface area contributed by atoms with Crippen molar-refractivity contribution in [2.24, 2.45) is 0 Å². The molecule has 0 spiro atoms. The zero-order chi connectivity index (χ0) is 13.7. The van der Waals surface area contributed by atoms with Gasteiger partial charge in [0, 0.05) is 5.70 Å². The monoisotopic (exact) mass is 252 g/mol. The fraction of sp³-hybridized carbons (Fsp3) is 0.0714. The molecule has 0 atom stereocenters. The molecular formula is C14H12N4O. The number of benzene rings is 1. The van der Waals surface area contributed by atoms with E-state index >= 15 is 0 Å². The Morgan fingerprint density at radius 1 is 1.42 bits per heavy atom. The van der Waals surface area contributed by atoms with Crippen molar-refractivity contribution in [2.75, 3.05) is 5.32 Å². The van der Waals surface area contributed by atoms with Crippen LogP contribution >= 0.6 is 0 Å². The van der Waals surface area contributed by atoms with Crippen molar-refractivity contribution in [3.63, 3.8) is 0 Å². The Labute approximate surface area is 110 Å². The molecular weight excluding hydrogens is 240 g/mol. The van der Waals surface area contributed by atoms with Crippen LogP contribution in [0, 0.1) is 11.3 Å². The molecule has 2 aromatic rings. The lowest BCUT2D eigenvalue weighted by atomic mass is 10.1. The largest absolute Gasteiger partial charge is 0.339 e. The van der Waals surface area contributed by atoms with Crippen molar-refractivity contribution >= 4 is 17.9 Å². The van der Waals surface area contributed by atoms with E-state index in [0.29, 0.717) is 17.8 Å². The number of hydrogen-bond acceptors (Lipinski definition) is 4. The van der Waals surface area contributed by atoms with Gasteiger partial charge in [-0.05, 0) is 12.5 Å². The minimum absolute atomic E-state index is 0.322. The van der Waals surface area contributed by atoms with Gasteiger partial charge in [0.2, 0.25) is 6.41 Å². The summed E-state index contributed by atoms with van der Waals surface area (Å²) in [6, 6.07) is 11.6. The molecule has 2 rings (SSSR count). The summed E-state index contributed by atoms with van der Waals surface area (Å²) >= 11 is 0. The zero-order valence-corrected chi connectivity index (χ0v) is 10.4. The first-order chi connectivity index (χ1) is 9.30. The smallest absolute Gasteiger partial charge is 0.236 e. The van der Waals surface area contributed by atoms with E-state index < -0.39 is 0 Å². The molecule has 0 unspecified atom stereocenters. The summed E-state index contributed by atoms with van der Waals surface area (Å²) in [6.07, 6.45) is 3.79. The number of hydrogen-bond donors (Lipinski definition) is 1. The lowest BCUT2D eigenvalue weighted by Gasteiger charge is -2.10. The first-order valence-electron chi connectivity index (χ1n) is 5.71. The third-order valence-corrected chi connectivity index (χ3v) is 2.64. The number of anilines is 1. The number of rotatable bonds is 4. The molecule has 0 aliphatic heterocycles. The molecule has 1 heterocycles. The Morgan fingerprint density at radius 3 is 2.74 bits per heavy atom. The molecule has 94 valence electrons. The van der Waals surface area contributed by atoms with Gasteiger partial charge < -0.3 is 5.32 Å². The SMILES string of the molecule is C/C=C(\Nc1c(C#N)cnn1C=O)c1ccccc1. The second-order valence-electron chi connectivity index (χ2n) is 3.76. The number of nitriles is 1. The lowest BCUT2D eigenvalue weighted by Crippen LogP contribution is -2.07. The molecule has 0 radical (unpaired) electrons. The Morgan fingerprint density at radius 2 is 2.16 bits per heavy atom. The van der Waals surface area contributed by atoms with Crippen LogP contribution in [0.2, 0.25) is 0 Å². The summed E-state index contributed by atoms with van der Waals surface area (Å²) in [6.45, 7) is 1.88. The minimum atomic E-state index is 0.322. The van der Waals surface area contributed by atoms with Crippen LogP contribution in [0.4, 0.5) is 5.82 Å². The van der Waals surface area contributed by atoms with Gasteiger partial charge in [-0.25, -0.2) is 0 Å². The number of nitrogens with zero attached hydrogens (tertiary/aromatic N) is 3. The predicted molar refractivity (Wildman–Crippen MR) is 72.8 cm³/mol. The number of carbonyl (C=O) groups excluding carboxylic acids is 1. The highest BCUT2D eigenvalue weighted by molar-refractivity contribution is 5.79. The van der Waals surface area contributed by atoms with Crippen molar-refractivity contribution in [3.05, 3.63) is 53.7 Å². The second-order valence-corrected chi connectivity index (χ2v) is 3.76. The number of carbonyl (C=O) groups is 1. The predicted octanol–water partition coefficient (Wildman–Crippen LogP) is 2.27. The van der Waals surface area contributed by atoms with Gasteiger partial charge >= 0.3 is 0 Å². The van der Waals surface area contributed by atoms with Crippen LogP contribution in [-0.2, 0) is 4.79 Å². The van der Waals surface area contributed by atoms with Crippen molar-refractivity contribution in [1.29, 1.82) is 5.26 Å². The van der Waals surface area contributed by atoms with E-state index in [-0.39, 0.29) is 0 Å². The van der Waals surface area contributed by atoms with Crippen molar-refractivity contribution in [2.45, 2.75) is 6.92 Å². The van der Waals surface area contributed by atoms with Gasteiger partial charge in [-0.3, -0.25) is 4.79 Å². The highest BCUT2D eigenvalue weighted by atomic mass is 16.1. The van der Waals surface area contributed by atoms with Gasteiger partial charge in [0.1, 0.15) is 11.6 Å². The normalized spacial score (nSPS) is 10.8. The van der Waals surface area contributed by atoms with Crippen LogP contribution in [0.1, 0.15) is 18.1 Å². The fourth-order valence-corrected chi connectivity index (χ4v) is 1.70. The van der Waals surface area contributed by atoms with Crippen molar-refractivity contribution in [3.8, 4) is 6.07 Å². The van der Waals surface area contributed by atoms with Crippen LogP contribution < -0.4 is 5.32 Å². The molecule has 1 aromatic heterocycles. The Kier molecular flexibility index (Phi) is 3.74. The van der Waals surface area contributed by atoms with Gasteiger partial charge in [0.15, 0.2) is 5.82 Å². The summed E-state index contributed by atoms with van der Waals surface area (Å²) in [5, 5.41) is 15.9. The molecule has 1 aromatic carbocycles. The standard InChI is InChI=1S/C14H12N4O/c1-2-13(11-6-4-3-5-7-11)17-14-12(8-15)9-16-18(14)10-19/h2-7,9-10,17H,1H3/b13-2-. The molecule has 0 saturated carbocycles. The Hall–Kier alpha value is -2.87. The number of allylic oxidation sites excluding steroid dienone is 1. The second kappa shape index (κ2) is 5.65. The molecule has 5 nitrogen and oxygen atoms in total. The first kappa shape index (κ1) is 12.6. The molecule has 19 heavy (non-hydrogen) atoms. The summed E-state index contributed by atoms with van der Waals surface area (Å²) < 4.78 is 1.10. The lowest BCUT2D eigenvalue weighted by molar-refractivity contribution is 0.541. The molecule has 0 saturated heterocycles. The molecule has 0 amide bonds. The first-order valence-corrected chi connectivity index (χ1v) is 5.71. The van der Waals surface area contributed by atoms with Crippen LogP contribution in [0.25, 0.3) is 5.70 Å². The maximum atomic E-state index is 10.9. The van der Waals surface area contributed by atoms with E-state index in [1.165, 1.54) is 6.20 Å². The highest BCUT2D eigenvalue weighted by Gasteiger charge is 2.11. The number of aromatic nitrogens is 2. The summed E-state index contributed by atoms with van der Waals surface area (Å²) in [7, 11) is 0. The van der Waals surface area contributed by atoms with Crippen molar-refractivity contribution in [1.82, 2.24) is 9.78 Å². The van der Waals surface area contributed by atoms with Gasteiger partial charge in [-0.1, -0.05) is 36.4 Å². The quantitative estimate of drug-likeness (QED) is 0.847. The van der Waals surface area contributed by atoms with Crippen LogP contribution in [-0.4, -0.2) is 16.2 Å². The van der Waals surface area contributed by atoms with E-state index in [0.717, 1.165) is 15.9 Å². The fourth-order valence-electron chi connectivity index (χ4n) is 1.70. The van der Waals surface area contributed by atoms with Gasteiger partial charge in [0.25, 0.3) is 0 Å². The third-order valence-electron chi connectivity index (χ3n) is 2.64. The molecule has 5 heteroatoms. The molecule has 0 aliphatic rings. The summed E-state index contributed by atoms with van der Waals surface area (Å²) in [4.78, 5) is 10.9. The van der Waals surface area contributed by atoms with E-state index in [1.54, 1.807) is 0 Å². The van der Waals surface area contributed by atoms with Gasteiger partial charge in [0.05, 0.1) is 6.20 Å². The van der Waals surface area contributed by atoms with Gasteiger partial charge in [-0.2, -0.15) is 15.0 Å². The van der Waals surface area contributed by atoms with Crippen molar-refractivity contribution < 1.29 is 4.79 Å². The minimum Gasteiger partial charge on any atom is -0.339 e. The van der Waals surface area contributed by atoms with E-state index in [4.69, 9.17) is 5.26 Å². The molecule has 0 aliphatic carbocycles. The maximum Gasteiger partial charge on any atom is 0.236 e. The summed E-state index contributed by atoms with van der Waals surface area (Å²) in [5.41, 5.74) is 2.09. The Bertz CT molecular complexity index is 650. The summed E-state index contributed by atoms with van der Waals surface area (Å²) in [5.74, 6) is 0.370. The van der Waals surface area contributed by atoms with Crippen LogP contribution in [0.3, 0.4) is 0 Å². The highest BCUT2D eigenvalue weighted by Crippen LogP contribution is 2.20. The topological polar surface area (TPSA) is 70.7 Å². The molecule has 1 N–H and O–H groups in total. The maximum absolute atomic E-state index is 10.9. The van der Waals surface area contributed by atoms with Crippen LogP contribution in [0.15, 0.2) is 42.6 Å².